The van der Waals surface area contributed by atoms with Crippen molar-refractivity contribution in [1.29, 1.82) is 0 Å². The topological polar surface area (TPSA) is 55.4 Å². The summed E-state index contributed by atoms with van der Waals surface area (Å²) in [7, 11) is -1.34. The van der Waals surface area contributed by atoms with E-state index < -0.39 is 9.84 Å². The van der Waals surface area contributed by atoms with Crippen molar-refractivity contribution in [3.63, 3.8) is 0 Å². The van der Waals surface area contributed by atoms with Gasteiger partial charge in [0.2, 0.25) is 0 Å². The molecule has 1 aromatic rings. The molecule has 1 N–H and O–H groups in total. The van der Waals surface area contributed by atoms with Gasteiger partial charge in [-0.25, -0.2) is 8.42 Å². The lowest BCUT2D eigenvalue weighted by Gasteiger charge is -2.08. The lowest BCUT2D eigenvalue weighted by atomic mass is 10.3. The zero-order chi connectivity index (χ0) is 12.2. The van der Waals surface area contributed by atoms with Gasteiger partial charge >= 0.3 is 0 Å². The molecule has 4 nitrogen and oxygen atoms in total. The fourth-order valence-corrected chi connectivity index (χ4v) is 2.03. The van der Waals surface area contributed by atoms with Gasteiger partial charge in [-0.1, -0.05) is 0 Å². The number of benzene rings is 1. The summed E-state index contributed by atoms with van der Waals surface area (Å²) in [5.74, 6) is 0.829. The molecular weight excluding hydrogens is 294 g/mol. The third-order valence-electron chi connectivity index (χ3n) is 1.95. The number of anilines is 1. The second-order valence-electron chi connectivity index (χ2n) is 3.41. The van der Waals surface area contributed by atoms with E-state index in [0.29, 0.717) is 12.3 Å². The van der Waals surface area contributed by atoms with Crippen molar-refractivity contribution >= 4 is 31.5 Å². The van der Waals surface area contributed by atoms with Crippen LogP contribution in [0.15, 0.2) is 22.7 Å². The molecule has 0 atom stereocenters. The number of ether oxygens (including phenoxy) is 1. The van der Waals surface area contributed by atoms with Crippen LogP contribution in [0.5, 0.6) is 5.75 Å². The fourth-order valence-electron chi connectivity index (χ4n) is 1.15. The number of hydrogen-bond donors (Lipinski definition) is 1. The first kappa shape index (κ1) is 13.3. The predicted octanol–water partition coefficient (Wildman–Crippen LogP) is 1.91. The van der Waals surface area contributed by atoms with Crippen LogP contribution in [-0.2, 0) is 9.84 Å². The Kier molecular flexibility index (Phi) is 4.61. The molecule has 0 radical (unpaired) electrons. The Hall–Kier alpha value is -0.750. The first-order valence-corrected chi connectivity index (χ1v) is 7.53. The maximum absolute atomic E-state index is 10.9. The molecule has 6 heteroatoms. The molecule has 0 heterocycles. The van der Waals surface area contributed by atoms with Crippen molar-refractivity contribution in [2.75, 3.05) is 31.0 Å². The fraction of sp³-hybridized carbons (Fsp3) is 0.400. The quantitative estimate of drug-likeness (QED) is 0.903. The maximum atomic E-state index is 10.9. The van der Waals surface area contributed by atoms with Gasteiger partial charge in [0.05, 0.1) is 17.3 Å². The molecule has 0 amide bonds. The van der Waals surface area contributed by atoms with Gasteiger partial charge < -0.3 is 10.1 Å². The van der Waals surface area contributed by atoms with E-state index in [-0.39, 0.29) is 5.75 Å². The van der Waals surface area contributed by atoms with E-state index in [1.807, 2.05) is 18.2 Å². The minimum atomic E-state index is -2.92. The molecule has 0 unspecified atom stereocenters. The molecule has 0 aromatic heterocycles. The van der Waals surface area contributed by atoms with Crippen molar-refractivity contribution in [1.82, 2.24) is 0 Å². The summed E-state index contributed by atoms with van der Waals surface area (Å²) in [5.41, 5.74) is 0.837. The summed E-state index contributed by atoms with van der Waals surface area (Å²) in [6.07, 6.45) is 1.22. The van der Waals surface area contributed by atoms with Crippen LogP contribution in [0.1, 0.15) is 0 Å². The van der Waals surface area contributed by atoms with Crippen LogP contribution in [0.4, 0.5) is 5.69 Å². The number of rotatable bonds is 5. The summed E-state index contributed by atoms with van der Waals surface area (Å²) in [6, 6.07) is 5.52. The molecule has 0 aliphatic heterocycles. The third-order valence-corrected chi connectivity index (χ3v) is 3.55. The van der Waals surface area contributed by atoms with Crippen molar-refractivity contribution in [3.8, 4) is 5.75 Å². The molecule has 0 saturated heterocycles. The van der Waals surface area contributed by atoms with Crippen LogP contribution in [0, 0.1) is 0 Å². The van der Waals surface area contributed by atoms with E-state index in [1.54, 1.807) is 7.11 Å². The van der Waals surface area contributed by atoms with Crippen LogP contribution in [-0.4, -0.2) is 34.1 Å². The van der Waals surface area contributed by atoms with Gasteiger partial charge in [0.25, 0.3) is 0 Å². The molecule has 0 spiro atoms. The Morgan fingerprint density at radius 2 is 2.12 bits per heavy atom. The molecule has 0 fully saturated rings. The molecule has 1 rings (SSSR count). The number of sulfone groups is 1. The molecular formula is C10H14BrNO3S. The Morgan fingerprint density at radius 1 is 1.44 bits per heavy atom. The lowest BCUT2D eigenvalue weighted by molar-refractivity contribution is 0.412. The largest absolute Gasteiger partial charge is 0.495 e. The van der Waals surface area contributed by atoms with Gasteiger partial charge in [0.1, 0.15) is 15.6 Å². The smallest absolute Gasteiger partial charge is 0.149 e. The van der Waals surface area contributed by atoms with Gasteiger partial charge in [-0.15, -0.1) is 0 Å². The average Bonchev–Trinajstić information content (AvgIpc) is 2.18. The number of halogens is 1. The van der Waals surface area contributed by atoms with E-state index in [0.717, 1.165) is 10.2 Å². The normalized spacial score (nSPS) is 11.2. The molecule has 1 aromatic carbocycles. The van der Waals surface area contributed by atoms with Crippen molar-refractivity contribution < 1.29 is 13.2 Å². The number of methoxy groups -OCH3 is 1. The van der Waals surface area contributed by atoms with Gasteiger partial charge in [-0.3, -0.25) is 0 Å². The Balaban J connectivity index is 2.61. The van der Waals surface area contributed by atoms with Crippen molar-refractivity contribution in [2.24, 2.45) is 0 Å². The molecule has 90 valence electrons. The number of nitrogens with one attached hydrogen (secondary N) is 1. The van der Waals surface area contributed by atoms with Crippen LogP contribution in [0.2, 0.25) is 0 Å². The van der Waals surface area contributed by atoms with Crippen LogP contribution < -0.4 is 10.1 Å². The Labute approximate surface area is 104 Å². The van der Waals surface area contributed by atoms with Gasteiger partial charge in [0, 0.05) is 24.6 Å². The first-order valence-electron chi connectivity index (χ1n) is 4.67. The molecule has 0 aliphatic rings. The zero-order valence-electron chi connectivity index (χ0n) is 9.16. The van der Waals surface area contributed by atoms with Crippen LogP contribution in [0.3, 0.4) is 0 Å². The van der Waals surface area contributed by atoms with Crippen molar-refractivity contribution in [3.05, 3.63) is 22.7 Å². The predicted molar refractivity (Wildman–Crippen MR) is 68.9 cm³/mol. The first-order chi connectivity index (χ1) is 7.42. The summed E-state index contributed by atoms with van der Waals surface area (Å²) < 4.78 is 27.8. The minimum absolute atomic E-state index is 0.116. The monoisotopic (exact) mass is 307 g/mol. The molecule has 0 bridgehead atoms. The third kappa shape index (κ3) is 4.40. The Morgan fingerprint density at radius 3 is 2.69 bits per heavy atom. The summed E-state index contributed by atoms with van der Waals surface area (Å²) >= 11 is 3.34. The highest BCUT2D eigenvalue weighted by Crippen LogP contribution is 2.27. The maximum Gasteiger partial charge on any atom is 0.149 e. The zero-order valence-corrected chi connectivity index (χ0v) is 11.6. The summed E-state index contributed by atoms with van der Waals surface area (Å²) in [4.78, 5) is 0. The van der Waals surface area contributed by atoms with Gasteiger partial charge in [0.15, 0.2) is 0 Å². The standard InChI is InChI=1S/C10H14BrNO3S/c1-15-10-7-8(3-4-9(10)11)12-5-6-16(2,13)14/h3-4,7,12H,5-6H2,1-2H3. The van der Waals surface area contributed by atoms with Crippen molar-refractivity contribution in [2.45, 2.75) is 0 Å². The van der Waals surface area contributed by atoms with E-state index in [9.17, 15) is 8.42 Å². The minimum Gasteiger partial charge on any atom is -0.495 e. The highest BCUT2D eigenvalue weighted by atomic mass is 79.9. The lowest BCUT2D eigenvalue weighted by Crippen LogP contribution is -2.14. The molecule has 16 heavy (non-hydrogen) atoms. The highest BCUT2D eigenvalue weighted by Gasteiger charge is 2.03. The number of hydrogen-bond acceptors (Lipinski definition) is 4. The summed E-state index contributed by atoms with van der Waals surface area (Å²) in [5, 5.41) is 3.02. The van der Waals surface area contributed by atoms with Crippen LogP contribution in [0.25, 0.3) is 0 Å². The average molecular weight is 308 g/mol. The highest BCUT2D eigenvalue weighted by molar-refractivity contribution is 9.10. The second-order valence-corrected chi connectivity index (χ2v) is 6.52. The van der Waals surface area contributed by atoms with Gasteiger partial charge in [-0.2, -0.15) is 0 Å². The van der Waals surface area contributed by atoms with E-state index in [1.165, 1.54) is 6.26 Å². The van der Waals surface area contributed by atoms with E-state index >= 15 is 0 Å². The molecule has 0 saturated carbocycles. The molecule has 0 aliphatic carbocycles. The Bertz CT molecular complexity index is 459. The van der Waals surface area contributed by atoms with Gasteiger partial charge in [-0.05, 0) is 28.1 Å². The van der Waals surface area contributed by atoms with Crippen LogP contribution >= 0.6 is 15.9 Å². The second kappa shape index (κ2) is 5.54. The van der Waals surface area contributed by atoms with E-state index in [4.69, 9.17) is 4.74 Å². The van der Waals surface area contributed by atoms with E-state index in [2.05, 4.69) is 21.2 Å². The summed E-state index contributed by atoms with van der Waals surface area (Å²) in [6.45, 7) is 0.392. The SMILES string of the molecule is COc1cc(NCCS(C)(=O)=O)ccc1Br.